The number of nitrogens with one attached hydrogen (secondary N) is 1. The zero-order chi connectivity index (χ0) is 21.0. The van der Waals surface area contributed by atoms with Crippen molar-refractivity contribution in [2.24, 2.45) is 0 Å². The molecule has 0 bridgehead atoms. The van der Waals surface area contributed by atoms with Gasteiger partial charge in [-0.05, 0) is 42.8 Å². The first kappa shape index (κ1) is 20.4. The number of aryl methyl sites for hydroxylation is 1. The topological polar surface area (TPSA) is 88.8 Å². The minimum atomic E-state index is 0.0226. The first-order chi connectivity index (χ1) is 15.3. The normalized spacial score (nSPS) is 19.3. The summed E-state index contributed by atoms with van der Waals surface area (Å²) in [6, 6.07) is 6.11. The summed E-state index contributed by atoms with van der Waals surface area (Å²) in [5, 5.41) is 8.15. The molecule has 0 saturated carbocycles. The molecule has 1 saturated heterocycles. The van der Waals surface area contributed by atoms with Crippen molar-refractivity contribution in [2.75, 3.05) is 30.7 Å². The lowest BCUT2D eigenvalue weighted by atomic mass is 10.0. The molecule has 0 radical (unpaired) electrons. The van der Waals surface area contributed by atoms with Crippen molar-refractivity contribution in [1.29, 1.82) is 0 Å². The SMILES string of the molecule is O=c1cc2c(nn1CCN1CCCCC1CNc1ccc3nccnc3n1)CCSC2. The number of hydrogen-bond donors (Lipinski definition) is 1. The van der Waals surface area contributed by atoms with Crippen molar-refractivity contribution in [2.45, 2.75) is 44.0 Å². The van der Waals surface area contributed by atoms with Crippen LogP contribution < -0.4 is 10.9 Å². The summed E-state index contributed by atoms with van der Waals surface area (Å²) in [6.45, 7) is 3.35. The number of nitrogens with zero attached hydrogens (tertiary/aromatic N) is 6. The molecule has 0 aromatic carbocycles. The van der Waals surface area contributed by atoms with E-state index in [0.717, 1.165) is 66.6 Å². The summed E-state index contributed by atoms with van der Waals surface area (Å²) in [5.74, 6) is 2.82. The highest BCUT2D eigenvalue weighted by Gasteiger charge is 2.23. The summed E-state index contributed by atoms with van der Waals surface area (Å²) in [7, 11) is 0. The highest BCUT2D eigenvalue weighted by molar-refractivity contribution is 7.98. The Hall–Kier alpha value is -2.52. The van der Waals surface area contributed by atoms with E-state index >= 15 is 0 Å². The van der Waals surface area contributed by atoms with Crippen molar-refractivity contribution >= 4 is 28.7 Å². The first-order valence-electron chi connectivity index (χ1n) is 11.0. The van der Waals surface area contributed by atoms with Crippen LogP contribution in [0.5, 0.6) is 0 Å². The lowest BCUT2D eigenvalue weighted by Crippen LogP contribution is -2.45. The number of thioether (sulfide) groups is 1. The van der Waals surface area contributed by atoms with Gasteiger partial charge in [0.1, 0.15) is 11.3 Å². The molecule has 162 valence electrons. The summed E-state index contributed by atoms with van der Waals surface area (Å²) >= 11 is 1.88. The number of rotatable bonds is 6. The third-order valence-corrected chi connectivity index (χ3v) is 7.11. The van der Waals surface area contributed by atoms with Gasteiger partial charge in [0.15, 0.2) is 5.65 Å². The lowest BCUT2D eigenvalue weighted by Gasteiger charge is -2.36. The molecule has 0 aliphatic carbocycles. The Labute approximate surface area is 185 Å². The van der Waals surface area contributed by atoms with E-state index in [1.54, 1.807) is 23.1 Å². The van der Waals surface area contributed by atoms with Gasteiger partial charge in [0.25, 0.3) is 5.56 Å². The number of fused-ring (bicyclic) bond motifs is 2. The second-order valence-corrected chi connectivity index (χ2v) is 9.25. The molecule has 1 fully saturated rings. The maximum Gasteiger partial charge on any atom is 0.267 e. The molecule has 5 heterocycles. The van der Waals surface area contributed by atoms with Crippen LogP contribution in [0.4, 0.5) is 5.82 Å². The lowest BCUT2D eigenvalue weighted by molar-refractivity contribution is 0.148. The van der Waals surface area contributed by atoms with Gasteiger partial charge in [-0.3, -0.25) is 14.7 Å². The van der Waals surface area contributed by atoms with E-state index in [4.69, 9.17) is 0 Å². The molecular weight excluding hydrogens is 410 g/mol. The van der Waals surface area contributed by atoms with Crippen molar-refractivity contribution in [3.63, 3.8) is 0 Å². The zero-order valence-electron chi connectivity index (χ0n) is 17.5. The van der Waals surface area contributed by atoms with E-state index in [2.05, 4.69) is 30.3 Å². The molecular formula is C22H27N7OS. The van der Waals surface area contributed by atoms with Gasteiger partial charge in [-0.1, -0.05) is 6.42 Å². The maximum absolute atomic E-state index is 12.5. The summed E-state index contributed by atoms with van der Waals surface area (Å²) in [4.78, 5) is 28.1. The molecule has 3 aromatic rings. The Morgan fingerprint density at radius 3 is 3.06 bits per heavy atom. The third-order valence-electron chi connectivity index (χ3n) is 6.10. The average molecular weight is 438 g/mol. The Bertz CT molecular complexity index is 1120. The minimum absolute atomic E-state index is 0.0226. The third kappa shape index (κ3) is 4.72. The number of anilines is 1. The monoisotopic (exact) mass is 437 g/mol. The Balaban J connectivity index is 1.23. The molecule has 0 amide bonds. The van der Waals surface area contributed by atoms with E-state index in [1.807, 2.05) is 23.9 Å². The number of aromatic nitrogens is 5. The van der Waals surface area contributed by atoms with Gasteiger partial charge in [-0.2, -0.15) is 16.9 Å². The molecule has 0 spiro atoms. The number of hydrogen-bond acceptors (Lipinski definition) is 8. The molecule has 1 unspecified atom stereocenters. The maximum atomic E-state index is 12.5. The predicted octanol–water partition coefficient (Wildman–Crippen LogP) is 2.34. The van der Waals surface area contributed by atoms with Gasteiger partial charge in [0.2, 0.25) is 0 Å². The molecule has 1 atom stereocenters. The second kappa shape index (κ2) is 9.32. The molecule has 9 heteroatoms. The number of piperidine rings is 1. The van der Waals surface area contributed by atoms with Crippen LogP contribution in [0.2, 0.25) is 0 Å². The van der Waals surface area contributed by atoms with Gasteiger partial charge < -0.3 is 5.32 Å². The second-order valence-electron chi connectivity index (χ2n) is 8.14. The van der Waals surface area contributed by atoms with Gasteiger partial charge in [-0.25, -0.2) is 14.6 Å². The van der Waals surface area contributed by atoms with Gasteiger partial charge in [0.05, 0.1) is 12.2 Å². The molecule has 31 heavy (non-hydrogen) atoms. The zero-order valence-corrected chi connectivity index (χ0v) is 18.4. The molecule has 8 nitrogen and oxygen atoms in total. The number of likely N-dealkylation sites (tertiary alicyclic amines) is 1. The largest absolute Gasteiger partial charge is 0.368 e. The van der Waals surface area contributed by atoms with Crippen LogP contribution in [0.15, 0.2) is 35.4 Å². The Kier molecular flexibility index (Phi) is 6.13. The van der Waals surface area contributed by atoms with Gasteiger partial charge >= 0.3 is 0 Å². The Morgan fingerprint density at radius 1 is 1.16 bits per heavy atom. The minimum Gasteiger partial charge on any atom is -0.368 e. The van der Waals surface area contributed by atoms with Crippen LogP contribution in [-0.2, 0) is 18.7 Å². The predicted molar refractivity (Wildman–Crippen MR) is 123 cm³/mol. The van der Waals surface area contributed by atoms with Crippen LogP contribution in [0.3, 0.4) is 0 Å². The number of pyridine rings is 1. The van der Waals surface area contributed by atoms with Crippen LogP contribution in [-0.4, -0.2) is 61.1 Å². The standard InChI is InChI=1S/C22H27N7OS/c30-21-13-16-15-31-12-6-18(16)27-29(21)11-10-28-9-2-1-3-17(28)14-25-20-5-4-19-22(26-20)24-8-7-23-19/h4-5,7-8,13,17H,1-3,6,9-12,14-15H2,(H,24,25,26). The highest BCUT2D eigenvalue weighted by Crippen LogP contribution is 2.21. The van der Waals surface area contributed by atoms with E-state index in [-0.39, 0.29) is 5.56 Å². The van der Waals surface area contributed by atoms with E-state index in [0.29, 0.717) is 18.2 Å². The fourth-order valence-corrected chi connectivity index (χ4v) is 5.35. The van der Waals surface area contributed by atoms with E-state index in [1.165, 1.54) is 12.8 Å². The molecule has 1 N–H and O–H groups in total. The highest BCUT2D eigenvalue weighted by atomic mass is 32.2. The average Bonchev–Trinajstić information content (AvgIpc) is 2.82. The smallest absolute Gasteiger partial charge is 0.267 e. The summed E-state index contributed by atoms with van der Waals surface area (Å²) in [6.07, 6.45) is 7.87. The van der Waals surface area contributed by atoms with Crippen LogP contribution in [0.25, 0.3) is 11.2 Å². The molecule has 2 aliphatic rings. The van der Waals surface area contributed by atoms with Gasteiger partial charge in [0, 0.05) is 49.8 Å². The molecule has 5 rings (SSSR count). The fraction of sp³-hybridized carbons (Fsp3) is 0.500. The molecule has 3 aromatic heterocycles. The molecule has 2 aliphatic heterocycles. The summed E-state index contributed by atoms with van der Waals surface area (Å²) < 4.78 is 1.66. The van der Waals surface area contributed by atoms with Crippen LogP contribution in [0.1, 0.15) is 30.5 Å². The van der Waals surface area contributed by atoms with Gasteiger partial charge in [-0.15, -0.1) is 0 Å². The van der Waals surface area contributed by atoms with Crippen LogP contribution in [0, 0.1) is 0 Å². The van der Waals surface area contributed by atoms with E-state index in [9.17, 15) is 4.79 Å². The van der Waals surface area contributed by atoms with Crippen molar-refractivity contribution < 1.29 is 0 Å². The van der Waals surface area contributed by atoms with Crippen LogP contribution >= 0.6 is 11.8 Å². The van der Waals surface area contributed by atoms with Crippen molar-refractivity contribution in [1.82, 2.24) is 29.6 Å². The van der Waals surface area contributed by atoms with Crippen molar-refractivity contribution in [3.05, 3.63) is 52.2 Å². The van der Waals surface area contributed by atoms with E-state index < -0.39 is 0 Å². The summed E-state index contributed by atoms with van der Waals surface area (Å²) in [5.41, 5.74) is 3.69. The van der Waals surface area contributed by atoms with Crippen molar-refractivity contribution in [3.8, 4) is 0 Å². The fourth-order valence-electron chi connectivity index (χ4n) is 4.40. The Morgan fingerprint density at radius 2 is 2.10 bits per heavy atom. The first-order valence-corrected chi connectivity index (χ1v) is 12.1. The quantitative estimate of drug-likeness (QED) is 0.629.